The molecule has 0 aromatic rings. The summed E-state index contributed by atoms with van der Waals surface area (Å²) in [6.45, 7) is 7.63. The monoisotopic (exact) mass is 269 g/mol. The summed E-state index contributed by atoms with van der Waals surface area (Å²) in [7, 11) is 0. The maximum Gasteiger partial charge on any atom is 0.303 e. The first kappa shape index (κ1) is 14.8. The minimum Gasteiger partial charge on any atom is -0.481 e. The molecule has 0 aliphatic carbocycles. The van der Waals surface area contributed by atoms with Crippen molar-refractivity contribution in [3.63, 3.8) is 0 Å². The van der Waals surface area contributed by atoms with Gasteiger partial charge in [0.25, 0.3) is 0 Å². The molecule has 110 valence electrons. The standard InChI is InChI=1S/C15H27NO3/c1-2-13(3-4-14(17)18)5-8-16-11-15(12-16)6-9-19-10-7-15/h13H,2-12H2,1H3,(H,17,18). The van der Waals surface area contributed by atoms with Gasteiger partial charge < -0.3 is 14.7 Å². The number of carboxylic acids is 1. The van der Waals surface area contributed by atoms with E-state index in [1.54, 1.807) is 0 Å². The zero-order valence-corrected chi connectivity index (χ0v) is 12.1. The summed E-state index contributed by atoms with van der Waals surface area (Å²) in [6, 6.07) is 0. The average Bonchev–Trinajstić information content (AvgIpc) is 2.37. The van der Waals surface area contributed by atoms with Gasteiger partial charge >= 0.3 is 5.97 Å². The van der Waals surface area contributed by atoms with Gasteiger partial charge in [-0.1, -0.05) is 13.3 Å². The van der Waals surface area contributed by atoms with Gasteiger partial charge in [0.15, 0.2) is 0 Å². The van der Waals surface area contributed by atoms with E-state index in [2.05, 4.69) is 11.8 Å². The molecule has 1 spiro atoms. The van der Waals surface area contributed by atoms with Crippen molar-refractivity contribution in [2.75, 3.05) is 32.8 Å². The molecule has 2 fully saturated rings. The maximum atomic E-state index is 10.6. The summed E-state index contributed by atoms with van der Waals surface area (Å²) in [5.41, 5.74) is 0.557. The van der Waals surface area contributed by atoms with Crippen LogP contribution in [0.3, 0.4) is 0 Å². The van der Waals surface area contributed by atoms with Gasteiger partial charge in [0, 0.05) is 38.1 Å². The molecule has 0 amide bonds. The third-order valence-electron chi connectivity index (χ3n) is 4.87. The lowest BCUT2D eigenvalue weighted by Gasteiger charge is -2.52. The van der Waals surface area contributed by atoms with Crippen LogP contribution in [-0.2, 0) is 9.53 Å². The summed E-state index contributed by atoms with van der Waals surface area (Å²) >= 11 is 0. The summed E-state index contributed by atoms with van der Waals surface area (Å²) in [6.07, 6.45) is 5.84. The van der Waals surface area contributed by atoms with E-state index in [0.717, 1.165) is 39.0 Å². The zero-order valence-electron chi connectivity index (χ0n) is 12.1. The van der Waals surface area contributed by atoms with Crippen LogP contribution in [0.2, 0.25) is 0 Å². The summed E-state index contributed by atoms with van der Waals surface area (Å²) in [4.78, 5) is 13.1. The molecule has 0 saturated carbocycles. The third-order valence-corrected chi connectivity index (χ3v) is 4.87. The second-order valence-electron chi connectivity index (χ2n) is 6.32. The fourth-order valence-corrected chi connectivity index (χ4v) is 3.43. The van der Waals surface area contributed by atoms with Crippen LogP contribution in [0, 0.1) is 11.3 Å². The Kier molecular flexibility index (Phi) is 5.22. The number of carbonyl (C=O) groups is 1. The predicted octanol–water partition coefficient (Wildman–Crippen LogP) is 2.38. The molecule has 1 N–H and O–H groups in total. The highest BCUT2D eigenvalue weighted by Crippen LogP contribution is 2.39. The summed E-state index contributed by atoms with van der Waals surface area (Å²) in [5.74, 6) is -0.0918. The van der Waals surface area contributed by atoms with Crippen LogP contribution in [0.5, 0.6) is 0 Å². The maximum absolute atomic E-state index is 10.6. The van der Waals surface area contributed by atoms with Crippen molar-refractivity contribution < 1.29 is 14.6 Å². The number of hydrogen-bond donors (Lipinski definition) is 1. The Labute approximate surface area is 116 Å². The Morgan fingerprint density at radius 2 is 2.00 bits per heavy atom. The third kappa shape index (κ3) is 4.18. The number of nitrogens with zero attached hydrogens (tertiary/aromatic N) is 1. The molecule has 1 unspecified atom stereocenters. The van der Waals surface area contributed by atoms with Crippen molar-refractivity contribution in [1.29, 1.82) is 0 Å². The van der Waals surface area contributed by atoms with Crippen LogP contribution in [0.1, 0.15) is 45.4 Å². The fraction of sp³-hybridized carbons (Fsp3) is 0.933. The first-order chi connectivity index (χ1) is 9.13. The van der Waals surface area contributed by atoms with Gasteiger partial charge in [-0.25, -0.2) is 0 Å². The van der Waals surface area contributed by atoms with E-state index < -0.39 is 5.97 Å². The smallest absolute Gasteiger partial charge is 0.303 e. The Hall–Kier alpha value is -0.610. The summed E-state index contributed by atoms with van der Waals surface area (Å²) in [5, 5.41) is 8.74. The highest BCUT2D eigenvalue weighted by atomic mass is 16.5. The van der Waals surface area contributed by atoms with Crippen LogP contribution in [0.4, 0.5) is 0 Å². The predicted molar refractivity (Wildman–Crippen MR) is 74.2 cm³/mol. The molecule has 2 aliphatic rings. The molecule has 2 heterocycles. The number of hydrogen-bond acceptors (Lipinski definition) is 3. The molecule has 1 atom stereocenters. The molecule has 0 bridgehead atoms. The number of aliphatic carboxylic acids is 1. The van der Waals surface area contributed by atoms with Gasteiger partial charge in [-0.05, 0) is 38.1 Å². The Morgan fingerprint density at radius 1 is 1.32 bits per heavy atom. The zero-order chi connectivity index (χ0) is 13.7. The van der Waals surface area contributed by atoms with Crippen LogP contribution >= 0.6 is 0 Å². The number of carboxylic acid groups (broad SMARTS) is 1. The second-order valence-corrected chi connectivity index (χ2v) is 6.32. The minimum absolute atomic E-state index is 0.319. The molecule has 2 aliphatic heterocycles. The molecule has 2 rings (SSSR count). The quantitative estimate of drug-likeness (QED) is 0.771. The van der Waals surface area contributed by atoms with Crippen LogP contribution in [0.15, 0.2) is 0 Å². The molecular formula is C15H27NO3. The first-order valence-electron chi connectivity index (χ1n) is 7.65. The Morgan fingerprint density at radius 3 is 2.58 bits per heavy atom. The molecular weight excluding hydrogens is 242 g/mol. The van der Waals surface area contributed by atoms with Crippen LogP contribution in [-0.4, -0.2) is 48.8 Å². The van der Waals surface area contributed by atoms with Gasteiger partial charge in [-0.3, -0.25) is 4.79 Å². The Bertz CT molecular complexity index is 292. The van der Waals surface area contributed by atoms with E-state index in [9.17, 15) is 4.79 Å². The van der Waals surface area contributed by atoms with Crippen LogP contribution in [0.25, 0.3) is 0 Å². The van der Waals surface area contributed by atoms with Crippen molar-refractivity contribution >= 4 is 5.97 Å². The van der Waals surface area contributed by atoms with E-state index in [-0.39, 0.29) is 0 Å². The number of likely N-dealkylation sites (tertiary alicyclic amines) is 1. The lowest BCUT2D eigenvalue weighted by atomic mass is 9.73. The number of rotatable bonds is 7. The molecule has 0 aromatic heterocycles. The van der Waals surface area contributed by atoms with Gasteiger partial charge in [0.05, 0.1) is 0 Å². The topological polar surface area (TPSA) is 49.8 Å². The SMILES string of the molecule is CCC(CCC(=O)O)CCN1CC2(CCOCC2)C1. The lowest BCUT2D eigenvalue weighted by molar-refractivity contribution is -0.137. The minimum atomic E-state index is -0.663. The van der Waals surface area contributed by atoms with Crippen molar-refractivity contribution in [1.82, 2.24) is 4.90 Å². The lowest BCUT2D eigenvalue weighted by Crippen LogP contribution is -2.58. The highest BCUT2D eigenvalue weighted by Gasteiger charge is 2.43. The van der Waals surface area contributed by atoms with E-state index in [1.807, 2.05) is 0 Å². The fourth-order valence-electron chi connectivity index (χ4n) is 3.43. The first-order valence-corrected chi connectivity index (χ1v) is 7.65. The normalized spacial score (nSPS) is 24.1. The van der Waals surface area contributed by atoms with Crippen molar-refractivity contribution in [3.05, 3.63) is 0 Å². The van der Waals surface area contributed by atoms with E-state index in [4.69, 9.17) is 9.84 Å². The molecule has 0 aromatic carbocycles. The molecule has 19 heavy (non-hydrogen) atoms. The molecule has 2 saturated heterocycles. The average molecular weight is 269 g/mol. The van der Waals surface area contributed by atoms with Crippen molar-refractivity contribution in [2.45, 2.75) is 45.4 Å². The molecule has 4 nitrogen and oxygen atoms in total. The van der Waals surface area contributed by atoms with Gasteiger partial charge in [0.1, 0.15) is 0 Å². The largest absolute Gasteiger partial charge is 0.481 e. The number of ether oxygens (including phenoxy) is 1. The highest BCUT2D eigenvalue weighted by molar-refractivity contribution is 5.66. The Balaban J connectivity index is 1.62. The van der Waals surface area contributed by atoms with Crippen molar-refractivity contribution in [2.24, 2.45) is 11.3 Å². The van der Waals surface area contributed by atoms with Crippen molar-refractivity contribution in [3.8, 4) is 0 Å². The summed E-state index contributed by atoms with van der Waals surface area (Å²) < 4.78 is 5.43. The van der Waals surface area contributed by atoms with Gasteiger partial charge in [0.2, 0.25) is 0 Å². The van der Waals surface area contributed by atoms with E-state index in [0.29, 0.717) is 17.8 Å². The second kappa shape index (κ2) is 6.71. The van der Waals surface area contributed by atoms with Gasteiger partial charge in [-0.15, -0.1) is 0 Å². The van der Waals surface area contributed by atoms with Crippen LogP contribution < -0.4 is 0 Å². The van der Waals surface area contributed by atoms with E-state index in [1.165, 1.54) is 25.9 Å². The van der Waals surface area contributed by atoms with Gasteiger partial charge in [-0.2, -0.15) is 0 Å². The molecule has 4 heteroatoms. The molecule has 0 radical (unpaired) electrons. The van der Waals surface area contributed by atoms with E-state index >= 15 is 0 Å².